The number of nitrogens with one attached hydrogen (secondary N) is 1. The van der Waals surface area contributed by atoms with Gasteiger partial charge in [-0.05, 0) is 24.1 Å². The van der Waals surface area contributed by atoms with E-state index in [0.717, 1.165) is 12.8 Å². The number of Topliss-reactive ketones (excluding diaryl/α,β-unsaturated/α-hetero) is 1. The summed E-state index contributed by atoms with van der Waals surface area (Å²) < 4.78 is 0. The molecule has 1 aromatic carbocycles. The van der Waals surface area contributed by atoms with Crippen molar-refractivity contribution in [2.24, 2.45) is 0 Å². The highest BCUT2D eigenvalue weighted by Crippen LogP contribution is 2.19. The van der Waals surface area contributed by atoms with Gasteiger partial charge in [0.1, 0.15) is 6.04 Å². The predicted octanol–water partition coefficient (Wildman–Crippen LogP) is 3.41. The highest BCUT2D eigenvalue weighted by Gasteiger charge is 2.21. The summed E-state index contributed by atoms with van der Waals surface area (Å²) in [6, 6.07) is 5.78. The van der Waals surface area contributed by atoms with E-state index in [-0.39, 0.29) is 5.78 Å². The van der Waals surface area contributed by atoms with Crippen LogP contribution in [0.5, 0.6) is 0 Å². The minimum atomic E-state index is -1.21. The summed E-state index contributed by atoms with van der Waals surface area (Å²) >= 11 is 5.76. The molecule has 0 saturated heterocycles. The van der Waals surface area contributed by atoms with Crippen LogP contribution in [-0.2, 0) is 4.79 Å². The fraction of sp³-hybridized carbons (Fsp3) is 0.385. The first-order valence-corrected chi connectivity index (χ1v) is 6.20. The molecule has 1 amide bonds. The van der Waals surface area contributed by atoms with Crippen LogP contribution in [0.2, 0.25) is 5.02 Å². The second-order valence-electron chi connectivity index (χ2n) is 4.00. The maximum Gasteiger partial charge on any atom is 0.405 e. The zero-order valence-corrected chi connectivity index (χ0v) is 10.9. The Morgan fingerprint density at radius 2 is 1.94 bits per heavy atom. The predicted molar refractivity (Wildman–Crippen MR) is 69.9 cm³/mol. The smallest absolute Gasteiger partial charge is 0.405 e. The van der Waals surface area contributed by atoms with Gasteiger partial charge < -0.3 is 10.4 Å². The van der Waals surface area contributed by atoms with Crippen LogP contribution in [0.25, 0.3) is 0 Å². The molecule has 1 atom stereocenters. The van der Waals surface area contributed by atoms with Crippen LogP contribution in [0.15, 0.2) is 24.3 Å². The molecule has 0 aliphatic rings. The number of unbranched alkanes of at least 4 members (excludes halogenated alkanes) is 1. The third-order valence-electron chi connectivity index (χ3n) is 2.57. The fourth-order valence-electron chi connectivity index (χ4n) is 1.62. The lowest BCUT2D eigenvalue weighted by molar-refractivity contribution is -0.121. The van der Waals surface area contributed by atoms with Gasteiger partial charge in [0.05, 0.1) is 0 Å². The third kappa shape index (κ3) is 4.37. The van der Waals surface area contributed by atoms with E-state index in [1.165, 1.54) is 0 Å². The largest absolute Gasteiger partial charge is 0.465 e. The van der Waals surface area contributed by atoms with Gasteiger partial charge in [-0.2, -0.15) is 0 Å². The molecule has 0 saturated carbocycles. The topological polar surface area (TPSA) is 66.4 Å². The summed E-state index contributed by atoms with van der Waals surface area (Å²) in [5.41, 5.74) is 0.614. The molecule has 0 spiro atoms. The molecule has 0 bridgehead atoms. The second-order valence-corrected chi connectivity index (χ2v) is 4.44. The van der Waals surface area contributed by atoms with Crippen LogP contribution < -0.4 is 5.32 Å². The Balaban J connectivity index is 2.86. The number of carbonyl (C=O) groups is 2. The number of carboxylic acid groups (broad SMARTS) is 1. The minimum absolute atomic E-state index is 0.124. The SMILES string of the molecule is CCCCC(=O)C(NC(=O)O)c1ccc(Cl)cc1. The molecule has 1 unspecified atom stereocenters. The zero-order chi connectivity index (χ0) is 13.5. The Hall–Kier alpha value is -1.55. The lowest BCUT2D eigenvalue weighted by Crippen LogP contribution is -2.32. The normalized spacial score (nSPS) is 11.9. The molecule has 4 nitrogen and oxygen atoms in total. The Bertz CT molecular complexity index is 417. The van der Waals surface area contributed by atoms with Gasteiger partial charge in [-0.15, -0.1) is 0 Å². The van der Waals surface area contributed by atoms with E-state index in [1.807, 2.05) is 6.92 Å². The van der Waals surface area contributed by atoms with Crippen LogP contribution in [0, 0.1) is 0 Å². The van der Waals surface area contributed by atoms with E-state index in [4.69, 9.17) is 16.7 Å². The maximum atomic E-state index is 12.0. The molecule has 2 N–H and O–H groups in total. The van der Waals surface area contributed by atoms with Crippen molar-refractivity contribution in [1.29, 1.82) is 0 Å². The van der Waals surface area contributed by atoms with Crippen molar-refractivity contribution in [2.45, 2.75) is 32.2 Å². The van der Waals surface area contributed by atoms with Gasteiger partial charge in [-0.25, -0.2) is 4.79 Å². The molecule has 98 valence electrons. The summed E-state index contributed by atoms with van der Waals surface area (Å²) in [4.78, 5) is 22.7. The standard InChI is InChI=1S/C13H16ClNO3/c1-2-3-4-11(16)12(15-13(17)18)9-5-7-10(14)8-6-9/h5-8,12,15H,2-4H2,1H3,(H,17,18). The molecule has 1 rings (SSSR count). The van der Waals surface area contributed by atoms with Gasteiger partial charge >= 0.3 is 6.09 Å². The monoisotopic (exact) mass is 269 g/mol. The molecule has 0 aliphatic carbocycles. The van der Waals surface area contributed by atoms with Gasteiger partial charge in [0.2, 0.25) is 0 Å². The summed E-state index contributed by atoms with van der Waals surface area (Å²) in [5, 5.41) is 11.6. The van der Waals surface area contributed by atoms with Crippen molar-refractivity contribution in [3.63, 3.8) is 0 Å². The Morgan fingerprint density at radius 1 is 1.33 bits per heavy atom. The molecule has 0 radical (unpaired) electrons. The van der Waals surface area contributed by atoms with E-state index in [9.17, 15) is 9.59 Å². The van der Waals surface area contributed by atoms with E-state index in [1.54, 1.807) is 24.3 Å². The summed E-state index contributed by atoms with van der Waals surface area (Å²) in [6.45, 7) is 1.98. The molecule has 0 fully saturated rings. The van der Waals surface area contributed by atoms with E-state index >= 15 is 0 Å². The highest BCUT2D eigenvalue weighted by molar-refractivity contribution is 6.30. The number of carbonyl (C=O) groups excluding carboxylic acids is 1. The first-order chi connectivity index (χ1) is 8.54. The number of halogens is 1. The van der Waals surface area contributed by atoms with Gasteiger partial charge in [0.15, 0.2) is 5.78 Å². The van der Waals surface area contributed by atoms with Gasteiger partial charge in [-0.1, -0.05) is 37.1 Å². The van der Waals surface area contributed by atoms with Crippen molar-refractivity contribution < 1.29 is 14.7 Å². The van der Waals surface area contributed by atoms with Gasteiger partial charge in [0, 0.05) is 11.4 Å². The van der Waals surface area contributed by atoms with Crippen molar-refractivity contribution >= 4 is 23.5 Å². The van der Waals surface area contributed by atoms with Crippen LogP contribution >= 0.6 is 11.6 Å². The molecule has 5 heteroatoms. The molecule has 0 aliphatic heterocycles. The minimum Gasteiger partial charge on any atom is -0.465 e. The lowest BCUT2D eigenvalue weighted by atomic mass is 9.99. The summed E-state index contributed by atoms with van der Waals surface area (Å²) in [5.74, 6) is -0.124. The first-order valence-electron chi connectivity index (χ1n) is 5.82. The number of ketones is 1. The second kappa shape index (κ2) is 7.01. The van der Waals surface area contributed by atoms with Crippen molar-refractivity contribution in [3.05, 3.63) is 34.9 Å². The first kappa shape index (κ1) is 14.5. The van der Waals surface area contributed by atoms with Crippen LogP contribution in [-0.4, -0.2) is 17.0 Å². The van der Waals surface area contributed by atoms with Crippen LogP contribution in [0.1, 0.15) is 37.8 Å². The third-order valence-corrected chi connectivity index (χ3v) is 2.82. The lowest BCUT2D eigenvalue weighted by Gasteiger charge is -2.16. The number of rotatable bonds is 6. The van der Waals surface area contributed by atoms with Crippen LogP contribution in [0.4, 0.5) is 4.79 Å². The Morgan fingerprint density at radius 3 is 2.44 bits per heavy atom. The average Bonchev–Trinajstić information content (AvgIpc) is 2.34. The van der Waals surface area contributed by atoms with Crippen LogP contribution in [0.3, 0.4) is 0 Å². The fourth-order valence-corrected chi connectivity index (χ4v) is 1.75. The van der Waals surface area contributed by atoms with Crippen molar-refractivity contribution in [2.75, 3.05) is 0 Å². The number of hydrogen-bond acceptors (Lipinski definition) is 2. The average molecular weight is 270 g/mol. The summed E-state index contributed by atoms with van der Waals surface area (Å²) in [7, 11) is 0. The Labute approximate surface area is 111 Å². The van der Waals surface area contributed by atoms with E-state index < -0.39 is 12.1 Å². The van der Waals surface area contributed by atoms with Crippen molar-refractivity contribution in [1.82, 2.24) is 5.32 Å². The van der Waals surface area contributed by atoms with Gasteiger partial charge in [-0.3, -0.25) is 4.79 Å². The maximum absolute atomic E-state index is 12.0. The number of amides is 1. The zero-order valence-electron chi connectivity index (χ0n) is 10.1. The Kier molecular flexibility index (Phi) is 5.65. The van der Waals surface area contributed by atoms with Gasteiger partial charge in [0.25, 0.3) is 0 Å². The van der Waals surface area contributed by atoms with Crippen molar-refractivity contribution in [3.8, 4) is 0 Å². The molecule has 18 heavy (non-hydrogen) atoms. The summed E-state index contributed by atoms with van der Waals surface area (Å²) in [6.07, 6.45) is 0.806. The van der Waals surface area contributed by atoms with E-state index in [2.05, 4.69) is 5.32 Å². The molecule has 0 heterocycles. The number of hydrogen-bond donors (Lipinski definition) is 2. The molecule has 0 aromatic heterocycles. The number of benzene rings is 1. The molecular formula is C13H16ClNO3. The highest BCUT2D eigenvalue weighted by atomic mass is 35.5. The molecular weight excluding hydrogens is 254 g/mol. The quantitative estimate of drug-likeness (QED) is 0.832. The van der Waals surface area contributed by atoms with E-state index in [0.29, 0.717) is 17.0 Å². The molecule has 1 aromatic rings.